The molecule has 1 aliphatic heterocycles. The third kappa shape index (κ3) is 3.87. The molecule has 0 unspecified atom stereocenters. The predicted octanol–water partition coefficient (Wildman–Crippen LogP) is 4.42. The van der Waals surface area contributed by atoms with Gasteiger partial charge in [0.1, 0.15) is 17.2 Å². The Bertz CT molecular complexity index is 1060. The van der Waals surface area contributed by atoms with Gasteiger partial charge in [-0.05, 0) is 53.9 Å². The third-order valence-corrected chi connectivity index (χ3v) is 4.97. The molecule has 4 nitrogen and oxygen atoms in total. The predicted molar refractivity (Wildman–Crippen MR) is 106 cm³/mol. The summed E-state index contributed by atoms with van der Waals surface area (Å²) in [7, 11) is 0. The third-order valence-electron chi connectivity index (χ3n) is 4.97. The van der Waals surface area contributed by atoms with E-state index < -0.39 is 23.1 Å². The molecule has 4 rings (SSSR count). The van der Waals surface area contributed by atoms with Gasteiger partial charge in [-0.3, -0.25) is 9.59 Å². The fourth-order valence-corrected chi connectivity index (χ4v) is 3.48. The fourth-order valence-electron chi connectivity index (χ4n) is 3.48. The summed E-state index contributed by atoms with van der Waals surface area (Å²) >= 11 is 0. The van der Waals surface area contributed by atoms with Crippen molar-refractivity contribution in [1.82, 2.24) is 4.90 Å². The van der Waals surface area contributed by atoms with Crippen molar-refractivity contribution in [1.29, 1.82) is 0 Å². The smallest absolute Gasteiger partial charge is 0.261 e. The minimum absolute atomic E-state index is 0.0564. The summed E-state index contributed by atoms with van der Waals surface area (Å²) < 4.78 is 27.7. The number of rotatable bonds is 3. The first-order valence-electron chi connectivity index (χ1n) is 9.24. The van der Waals surface area contributed by atoms with Crippen LogP contribution in [0.5, 0.6) is 0 Å². The first kappa shape index (κ1) is 18.8. The van der Waals surface area contributed by atoms with Crippen molar-refractivity contribution in [2.45, 2.75) is 13.0 Å². The van der Waals surface area contributed by atoms with E-state index in [1.807, 2.05) is 24.3 Å². The van der Waals surface area contributed by atoms with Gasteiger partial charge in [-0.2, -0.15) is 0 Å². The average Bonchev–Trinajstić information content (AvgIpc) is 2.73. The maximum atomic E-state index is 13.8. The van der Waals surface area contributed by atoms with Gasteiger partial charge < -0.3 is 10.2 Å². The summed E-state index contributed by atoms with van der Waals surface area (Å²) in [5.41, 5.74) is 2.40. The number of carbonyl (C=O) groups is 2. The Hall–Kier alpha value is -3.54. The Balaban J connectivity index is 1.53. The molecule has 3 aromatic carbocycles. The summed E-state index contributed by atoms with van der Waals surface area (Å²) in [6.45, 7) is 1.01. The van der Waals surface area contributed by atoms with Crippen LogP contribution in [0.3, 0.4) is 0 Å². The molecule has 0 atom stereocenters. The molecule has 0 fully saturated rings. The van der Waals surface area contributed by atoms with E-state index in [2.05, 4.69) is 5.32 Å². The largest absolute Gasteiger partial charge is 0.334 e. The van der Waals surface area contributed by atoms with E-state index in [-0.39, 0.29) is 5.91 Å². The molecule has 0 spiro atoms. The summed E-state index contributed by atoms with van der Waals surface area (Å²) in [6, 6.07) is 17.6. The molecule has 3 aromatic rings. The van der Waals surface area contributed by atoms with Crippen LogP contribution in [0.1, 0.15) is 31.8 Å². The number of anilines is 1. The SMILES string of the molecule is O=C(Nc1ccc2c(c1)CN(C(=O)c1ccccc1)CC2)c1c(F)cccc1F. The zero-order valence-electron chi connectivity index (χ0n) is 15.5. The van der Waals surface area contributed by atoms with Crippen LogP contribution in [0.4, 0.5) is 14.5 Å². The van der Waals surface area contributed by atoms with Crippen LogP contribution in [0.2, 0.25) is 0 Å². The maximum absolute atomic E-state index is 13.8. The van der Waals surface area contributed by atoms with Crippen LogP contribution in [0.15, 0.2) is 66.7 Å². The maximum Gasteiger partial charge on any atom is 0.261 e. The second-order valence-electron chi connectivity index (χ2n) is 6.88. The van der Waals surface area contributed by atoms with Gasteiger partial charge >= 0.3 is 0 Å². The van der Waals surface area contributed by atoms with Crippen LogP contribution in [0.25, 0.3) is 0 Å². The molecule has 1 heterocycles. The van der Waals surface area contributed by atoms with E-state index in [0.29, 0.717) is 30.8 Å². The fraction of sp³-hybridized carbons (Fsp3) is 0.130. The number of nitrogens with zero attached hydrogens (tertiary/aromatic N) is 1. The minimum atomic E-state index is -0.917. The minimum Gasteiger partial charge on any atom is -0.334 e. The topological polar surface area (TPSA) is 49.4 Å². The van der Waals surface area contributed by atoms with Crippen molar-refractivity contribution < 1.29 is 18.4 Å². The first-order chi connectivity index (χ1) is 14.0. The molecule has 0 aromatic heterocycles. The number of hydrogen-bond acceptors (Lipinski definition) is 2. The highest BCUT2D eigenvalue weighted by molar-refractivity contribution is 6.04. The van der Waals surface area contributed by atoms with Crippen LogP contribution in [-0.2, 0) is 13.0 Å². The van der Waals surface area contributed by atoms with Crippen molar-refractivity contribution >= 4 is 17.5 Å². The number of amides is 2. The van der Waals surface area contributed by atoms with Gasteiger partial charge in [-0.15, -0.1) is 0 Å². The van der Waals surface area contributed by atoms with Gasteiger partial charge in [0, 0.05) is 24.3 Å². The molecule has 1 aliphatic rings. The number of carbonyl (C=O) groups excluding carboxylic acids is 2. The Labute approximate surface area is 166 Å². The number of halogens is 2. The number of fused-ring (bicyclic) bond motifs is 1. The van der Waals surface area contributed by atoms with Crippen molar-refractivity contribution in [3.05, 3.63) is 101 Å². The van der Waals surface area contributed by atoms with Crippen LogP contribution >= 0.6 is 0 Å². The molecule has 29 heavy (non-hydrogen) atoms. The molecule has 1 N–H and O–H groups in total. The van der Waals surface area contributed by atoms with E-state index in [0.717, 1.165) is 23.3 Å². The van der Waals surface area contributed by atoms with Gasteiger partial charge in [0.25, 0.3) is 11.8 Å². The summed E-state index contributed by atoms with van der Waals surface area (Å²) in [5.74, 6) is -2.74. The normalized spacial score (nSPS) is 13.0. The molecule has 0 saturated carbocycles. The quantitative estimate of drug-likeness (QED) is 0.718. The zero-order valence-corrected chi connectivity index (χ0v) is 15.5. The molecular weight excluding hydrogens is 374 g/mol. The van der Waals surface area contributed by atoms with Crippen LogP contribution in [0, 0.1) is 11.6 Å². The van der Waals surface area contributed by atoms with Gasteiger partial charge in [-0.25, -0.2) is 8.78 Å². The van der Waals surface area contributed by atoms with Gasteiger partial charge in [0.15, 0.2) is 0 Å². The zero-order chi connectivity index (χ0) is 20.4. The second-order valence-corrected chi connectivity index (χ2v) is 6.88. The molecule has 0 bridgehead atoms. The van der Waals surface area contributed by atoms with Crippen LogP contribution in [-0.4, -0.2) is 23.3 Å². The first-order valence-corrected chi connectivity index (χ1v) is 9.24. The number of nitrogens with one attached hydrogen (secondary N) is 1. The standard InChI is InChI=1S/C23H18F2N2O2/c24-19-7-4-8-20(25)21(19)22(28)26-18-10-9-15-11-12-27(14-17(15)13-18)23(29)16-5-2-1-3-6-16/h1-10,13H,11-12,14H2,(H,26,28). The van der Waals surface area contributed by atoms with Crippen molar-refractivity contribution in [3.8, 4) is 0 Å². The lowest BCUT2D eigenvalue weighted by molar-refractivity contribution is 0.0734. The Morgan fingerprint density at radius 2 is 1.59 bits per heavy atom. The lowest BCUT2D eigenvalue weighted by Crippen LogP contribution is -2.36. The van der Waals surface area contributed by atoms with E-state index in [1.54, 1.807) is 29.2 Å². The lowest BCUT2D eigenvalue weighted by Gasteiger charge is -2.29. The van der Waals surface area contributed by atoms with Gasteiger partial charge in [-0.1, -0.05) is 30.3 Å². The average molecular weight is 392 g/mol. The van der Waals surface area contributed by atoms with Crippen molar-refractivity contribution in [2.24, 2.45) is 0 Å². The van der Waals surface area contributed by atoms with E-state index in [1.165, 1.54) is 6.07 Å². The molecule has 146 valence electrons. The van der Waals surface area contributed by atoms with E-state index in [4.69, 9.17) is 0 Å². The summed E-state index contributed by atoms with van der Waals surface area (Å²) in [4.78, 5) is 26.8. The highest BCUT2D eigenvalue weighted by Gasteiger charge is 2.23. The monoisotopic (exact) mass is 392 g/mol. The summed E-state index contributed by atoms with van der Waals surface area (Å²) in [5, 5.41) is 2.54. The van der Waals surface area contributed by atoms with Gasteiger partial charge in [0.05, 0.1) is 0 Å². The highest BCUT2D eigenvalue weighted by atomic mass is 19.1. The number of benzene rings is 3. The molecular formula is C23H18F2N2O2. The molecule has 6 heteroatoms. The molecule has 2 amide bonds. The number of hydrogen-bond donors (Lipinski definition) is 1. The second kappa shape index (κ2) is 7.83. The Kier molecular flexibility index (Phi) is 5.08. The van der Waals surface area contributed by atoms with Crippen LogP contribution < -0.4 is 5.32 Å². The Morgan fingerprint density at radius 1 is 0.862 bits per heavy atom. The van der Waals surface area contributed by atoms with Crippen molar-refractivity contribution in [3.63, 3.8) is 0 Å². The Morgan fingerprint density at radius 3 is 2.31 bits per heavy atom. The molecule has 0 aliphatic carbocycles. The highest BCUT2D eigenvalue weighted by Crippen LogP contribution is 2.25. The summed E-state index contributed by atoms with van der Waals surface area (Å²) in [6.07, 6.45) is 0.698. The lowest BCUT2D eigenvalue weighted by atomic mass is 9.98. The molecule has 0 radical (unpaired) electrons. The van der Waals surface area contributed by atoms with E-state index in [9.17, 15) is 18.4 Å². The van der Waals surface area contributed by atoms with Crippen molar-refractivity contribution in [2.75, 3.05) is 11.9 Å². The van der Waals surface area contributed by atoms with Gasteiger partial charge in [0.2, 0.25) is 0 Å². The molecule has 0 saturated heterocycles. The van der Waals surface area contributed by atoms with E-state index >= 15 is 0 Å².